The van der Waals surface area contributed by atoms with Crippen LogP contribution < -0.4 is 10.1 Å². The van der Waals surface area contributed by atoms with Crippen molar-refractivity contribution in [1.82, 2.24) is 0 Å². The molecule has 0 aliphatic rings. The van der Waals surface area contributed by atoms with Gasteiger partial charge in [-0.1, -0.05) is 0 Å². The third-order valence-corrected chi connectivity index (χ3v) is 3.95. The Morgan fingerprint density at radius 2 is 1.70 bits per heavy atom. The Labute approximate surface area is 135 Å². The van der Waals surface area contributed by atoms with E-state index in [1.54, 1.807) is 19.1 Å². The van der Waals surface area contributed by atoms with E-state index >= 15 is 0 Å². The first-order valence-corrected chi connectivity index (χ1v) is 7.60. The number of rotatable bonds is 6. The van der Waals surface area contributed by atoms with Gasteiger partial charge in [0.2, 0.25) is 5.91 Å². The summed E-state index contributed by atoms with van der Waals surface area (Å²) in [7, 11) is 0. The summed E-state index contributed by atoms with van der Waals surface area (Å²) < 4.78 is 41.2. The standard InChI is InChI=1S/C16H14F3NO2S/c1-10(23-14-8-2-11(17)3-9-14)15(21)20-12-4-6-13(7-5-12)22-16(18)19/h2-10,16H,1H3,(H,20,21). The van der Waals surface area contributed by atoms with Gasteiger partial charge in [-0.3, -0.25) is 4.79 Å². The minimum Gasteiger partial charge on any atom is -0.435 e. The monoisotopic (exact) mass is 341 g/mol. The molecule has 0 aliphatic carbocycles. The van der Waals surface area contributed by atoms with E-state index in [1.165, 1.54) is 48.2 Å². The number of carbonyl (C=O) groups excluding carboxylic acids is 1. The summed E-state index contributed by atoms with van der Waals surface area (Å²) in [5.41, 5.74) is 0.475. The average molecular weight is 341 g/mol. The third kappa shape index (κ3) is 5.52. The molecule has 1 amide bonds. The lowest BCUT2D eigenvalue weighted by Crippen LogP contribution is -2.22. The minimum absolute atomic E-state index is 0.0201. The molecule has 2 aromatic rings. The Morgan fingerprint density at radius 3 is 2.26 bits per heavy atom. The van der Waals surface area contributed by atoms with Crippen molar-refractivity contribution in [3.63, 3.8) is 0 Å². The molecule has 1 unspecified atom stereocenters. The molecule has 0 spiro atoms. The third-order valence-electron chi connectivity index (χ3n) is 2.84. The van der Waals surface area contributed by atoms with Gasteiger partial charge in [0.25, 0.3) is 0 Å². The zero-order valence-electron chi connectivity index (χ0n) is 12.1. The van der Waals surface area contributed by atoms with Crippen LogP contribution >= 0.6 is 11.8 Å². The van der Waals surface area contributed by atoms with Crippen molar-refractivity contribution >= 4 is 23.4 Å². The van der Waals surface area contributed by atoms with Crippen molar-refractivity contribution in [2.45, 2.75) is 23.7 Å². The summed E-state index contributed by atoms with van der Waals surface area (Å²) >= 11 is 1.29. The Bertz CT molecular complexity index is 647. The number of anilines is 1. The summed E-state index contributed by atoms with van der Waals surface area (Å²) in [6, 6.07) is 11.5. The van der Waals surface area contributed by atoms with Crippen LogP contribution in [0.3, 0.4) is 0 Å². The lowest BCUT2D eigenvalue weighted by Gasteiger charge is -2.12. The molecule has 1 N–H and O–H groups in total. The SMILES string of the molecule is CC(Sc1ccc(F)cc1)C(=O)Nc1ccc(OC(F)F)cc1. The molecule has 0 fully saturated rings. The first kappa shape index (κ1) is 17.2. The number of carbonyl (C=O) groups is 1. The molecule has 3 nitrogen and oxygen atoms in total. The van der Waals surface area contributed by atoms with Crippen molar-refractivity contribution < 1.29 is 22.7 Å². The van der Waals surface area contributed by atoms with Crippen LogP contribution in [0.15, 0.2) is 53.4 Å². The van der Waals surface area contributed by atoms with E-state index in [-0.39, 0.29) is 17.5 Å². The Balaban J connectivity index is 1.91. The van der Waals surface area contributed by atoms with Crippen molar-refractivity contribution in [2.75, 3.05) is 5.32 Å². The van der Waals surface area contributed by atoms with Crippen molar-refractivity contribution in [3.05, 3.63) is 54.3 Å². The van der Waals surface area contributed by atoms with Gasteiger partial charge in [0, 0.05) is 10.6 Å². The smallest absolute Gasteiger partial charge is 0.387 e. The number of hydrogen-bond acceptors (Lipinski definition) is 3. The highest BCUT2D eigenvalue weighted by Gasteiger charge is 2.15. The fourth-order valence-electron chi connectivity index (χ4n) is 1.73. The van der Waals surface area contributed by atoms with Gasteiger partial charge >= 0.3 is 6.61 Å². The number of thioether (sulfide) groups is 1. The van der Waals surface area contributed by atoms with Crippen LogP contribution in [-0.4, -0.2) is 17.8 Å². The second-order valence-electron chi connectivity index (χ2n) is 4.61. The summed E-state index contributed by atoms with van der Waals surface area (Å²) in [5.74, 6) is -0.564. The maximum absolute atomic E-state index is 12.8. The zero-order valence-corrected chi connectivity index (χ0v) is 12.9. The summed E-state index contributed by atoms with van der Waals surface area (Å²) in [4.78, 5) is 12.9. The van der Waals surface area contributed by atoms with Crippen LogP contribution in [0.4, 0.5) is 18.9 Å². The van der Waals surface area contributed by atoms with Crippen LogP contribution in [0.1, 0.15) is 6.92 Å². The van der Waals surface area contributed by atoms with Crippen LogP contribution in [0.25, 0.3) is 0 Å². The number of benzene rings is 2. The molecule has 122 valence electrons. The number of alkyl halides is 2. The Hall–Kier alpha value is -2.15. The summed E-state index contributed by atoms with van der Waals surface area (Å²) in [5, 5.41) is 2.27. The van der Waals surface area contributed by atoms with Crippen LogP contribution in [0.5, 0.6) is 5.75 Å². The van der Waals surface area contributed by atoms with E-state index in [0.29, 0.717) is 5.69 Å². The first-order valence-electron chi connectivity index (χ1n) is 6.72. The lowest BCUT2D eigenvalue weighted by atomic mass is 10.3. The normalized spacial score (nSPS) is 12.0. The molecule has 0 bridgehead atoms. The Morgan fingerprint density at radius 1 is 1.09 bits per heavy atom. The molecule has 0 saturated heterocycles. The molecule has 2 rings (SSSR count). The molecule has 7 heteroatoms. The van der Waals surface area contributed by atoms with Crippen LogP contribution in [0, 0.1) is 5.82 Å². The second-order valence-corrected chi connectivity index (χ2v) is 6.02. The minimum atomic E-state index is -2.89. The van der Waals surface area contributed by atoms with Gasteiger partial charge in [-0.2, -0.15) is 8.78 Å². The second kappa shape index (κ2) is 7.92. The van der Waals surface area contributed by atoms with Gasteiger partial charge in [-0.15, -0.1) is 11.8 Å². The predicted octanol–water partition coefficient (Wildman–Crippen LogP) is 4.55. The molecule has 0 aromatic heterocycles. The molecule has 0 heterocycles. The van der Waals surface area contributed by atoms with E-state index in [1.807, 2.05) is 0 Å². The van der Waals surface area contributed by atoms with Crippen LogP contribution in [0.2, 0.25) is 0 Å². The Kier molecular flexibility index (Phi) is 5.92. The van der Waals surface area contributed by atoms with E-state index in [0.717, 1.165) is 4.90 Å². The topological polar surface area (TPSA) is 38.3 Å². The molecule has 0 radical (unpaired) electrons. The van der Waals surface area contributed by atoms with E-state index in [2.05, 4.69) is 10.1 Å². The molecule has 0 saturated carbocycles. The van der Waals surface area contributed by atoms with E-state index in [4.69, 9.17) is 0 Å². The van der Waals surface area contributed by atoms with Gasteiger partial charge in [0.1, 0.15) is 11.6 Å². The lowest BCUT2D eigenvalue weighted by molar-refractivity contribution is -0.115. The zero-order chi connectivity index (χ0) is 16.8. The van der Waals surface area contributed by atoms with Gasteiger partial charge in [-0.05, 0) is 55.5 Å². The highest BCUT2D eigenvalue weighted by Crippen LogP contribution is 2.25. The fourth-order valence-corrected chi connectivity index (χ4v) is 2.60. The summed E-state index contributed by atoms with van der Waals surface area (Å²) in [6.07, 6.45) is 0. The molecule has 2 aromatic carbocycles. The number of ether oxygens (including phenoxy) is 1. The highest BCUT2D eigenvalue weighted by molar-refractivity contribution is 8.00. The van der Waals surface area contributed by atoms with Gasteiger partial charge in [0.15, 0.2) is 0 Å². The average Bonchev–Trinajstić information content (AvgIpc) is 2.51. The predicted molar refractivity (Wildman–Crippen MR) is 83.4 cm³/mol. The number of hydrogen-bond donors (Lipinski definition) is 1. The number of halogens is 3. The van der Waals surface area contributed by atoms with Gasteiger partial charge < -0.3 is 10.1 Å². The van der Waals surface area contributed by atoms with Crippen molar-refractivity contribution in [3.8, 4) is 5.75 Å². The fraction of sp³-hybridized carbons (Fsp3) is 0.188. The molecule has 23 heavy (non-hydrogen) atoms. The summed E-state index contributed by atoms with van der Waals surface area (Å²) in [6.45, 7) is -1.17. The molecule has 1 atom stereocenters. The molecule has 0 aliphatic heterocycles. The van der Waals surface area contributed by atoms with E-state index in [9.17, 15) is 18.0 Å². The van der Waals surface area contributed by atoms with Crippen molar-refractivity contribution in [2.24, 2.45) is 0 Å². The van der Waals surface area contributed by atoms with E-state index < -0.39 is 11.9 Å². The molecular formula is C16H14F3NO2S. The van der Waals surface area contributed by atoms with Gasteiger partial charge in [0.05, 0.1) is 5.25 Å². The van der Waals surface area contributed by atoms with Gasteiger partial charge in [-0.25, -0.2) is 4.39 Å². The maximum Gasteiger partial charge on any atom is 0.387 e. The highest BCUT2D eigenvalue weighted by atomic mass is 32.2. The van der Waals surface area contributed by atoms with Crippen LogP contribution in [-0.2, 0) is 4.79 Å². The quantitative estimate of drug-likeness (QED) is 0.784. The van der Waals surface area contributed by atoms with Crippen molar-refractivity contribution in [1.29, 1.82) is 0 Å². The molecular weight excluding hydrogens is 327 g/mol. The number of amides is 1. The largest absolute Gasteiger partial charge is 0.435 e. The first-order chi connectivity index (χ1) is 10.9. The number of nitrogens with one attached hydrogen (secondary N) is 1. The maximum atomic E-state index is 12.8.